The Balaban J connectivity index is 1.60. The molecule has 0 aliphatic carbocycles. The molecule has 0 fully saturated rings. The van der Waals surface area contributed by atoms with Gasteiger partial charge in [-0.25, -0.2) is 4.98 Å². The lowest BCUT2D eigenvalue weighted by Crippen LogP contribution is -2.22. The fourth-order valence-electron chi connectivity index (χ4n) is 4.25. The van der Waals surface area contributed by atoms with Crippen molar-refractivity contribution in [2.75, 3.05) is 0 Å². The van der Waals surface area contributed by atoms with Crippen molar-refractivity contribution in [3.8, 4) is 5.75 Å². The van der Waals surface area contributed by atoms with Gasteiger partial charge >= 0.3 is 0 Å². The molecule has 0 bridgehead atoms. The molecule has 1 aromatic heterocycles. The number of rotatable bonds is 8. The Morgan fingerprint density at radius 3 is 2.68 bits per heavy atom. The molecule has 0 saturated carbocycles. The maximum absolute atomic E-state index is 13.5. The third-order valence-corrected chi connectivity index (χ3v) is 7.34. The zero-order valence-corrected chi connectivity index (χ0v) is 23.7. The molecule has 0 radical (unpaired) electrons. The highest BCUT2D eigenvalue weighted by Gasteiger charge is 2.13. The minimum atomic E-state index is -0.214. The molecule has 0 unspecified atom stereocenters. The summed E-state index contributed by atoms with van der Waals surface area (Å²) in [7, 11) is 0. The second-order valence-electron chi connectivity index (χ2n) is 8.88. The van der Waals surface area contributed by atoms with Gasteiger partial charge in [-0.2, -0.15) is 9.78 Å². The molecule has 8 heteroatoms. The fraction of sp³-hybridized carbons (Fsp3) is 0.167. The predicted molar refractivity (Wildman–Crippen MR) is 160 cm³/mol. The number of ether oxygens (including phenoxy) is 1. The first-order valence-corrected chi connectivity index (χ1v) is 13.8. The number of aryl methyl sites for hydroxylation is 1. The van der Waals surface area contributed by atoms with Crippen LogP contribution in [-0.4, -0.2) is 15.9 Å². The van der Waals surface area contributed by atoms with Gasteiger partial charge in [-0.05, 0) is 53.6 Å². The van der Waals surface area contributed by atoms with Crippen molar-refractivity contribution in [1.29, 1.82) is 0 Å². The number of halogens is 3. The molecule has 1 heterocycles. The second-order valence-corrected chi connectivity index (χ2v) is 10.6. The van der Waals surface area contributed by atoms with E-state index in [4.69, 9.17) is 32.9 Å². The van der Waals surface area contributed by atoms with Gasteiger partial charge < -0.3 is 4.74 Å². The van der Waals surface area contributed by atoms with E-state index in [2.05, 4.69) is 28.0 Å². The summed E-state index contributed by atoms with van der Waals surface area (Å²) >= 11 is 15.9. The van der Waals surface area contributed by atoms with Crippen LogP contribution in [-0.2, 0) is 13.0 Å². The van der Waals surface area contributed by atoms with Crippen LogP contribution in [0.5, 0.6) is 5.75 Å². The largest absolute Gasteiger partial charge is 0.488 e. The Morgan fingerprint density at radius 1 is 1.03 bits per heavy atom. The number of hydrogen-bond acceptors (Lipinski definition) is 4. The molecular formula is C30H24BrCl2N3O2. The summed E-state index contributed by atoms with van der Waals surface area (Å²) in [6, 6.07) is 22.7. The Morgan fingerprint density at radius 2 is 1.87 bits per heavy atom. The van der Waals surface area contributed by atoms with E-state index in [1.807, 2.05) is 54.6 Å². The zero-order valence-electron chi connectivity index (χ0n) is 20.6. The van der Waals surface area contributed by atoms with Gasteiger partial charge in [-0.15, -0.1) is 0 Å². The number of benzene rings is 4. The van der Waals surface area contributed by atoms with E-state index in [1.165, 1.54) is 4.68 Å². The lowest BCUT2D eigenvalue weighted by molar-refractivity contribution is 0.306. The van der Waals surface area contributed by atoms with Crippen LogP contribution in [0.3, 0.4) is 0 Å². The maximum Gasteiger partial charge on any atom is 0.282 e. The SMILES string of the molecule is CCCCc1nc2ccc(Br)cc2c(=O)n1N=Cc1c(OCc2ccc(Cl)cc2Cl)ccc2ccccc12. The first-order chi connectivity index (χ1) is 18.4. The molecule has 0 spiro atoms. The van der Waals surface area contributed by atoms with Crippen LogP contribution in [0.25, 0.3) is 21.7 Å². The lowest BCUT2D eigenvalue weighted by atomic mass is 10.0. The third kappa shape index (κ3) is 5.63. The summed E-state index contributed by atoms with van der Waals surface area (Å²) in [5, 5.41) is 8.27. The van der Waals surface area contributed by atoms with Crippen molar-refractivity contribution in [3.05, 3.63) is 115 Å². The van der Waals surface area contributed by atoms with Crippen molar-refractivity contribution in [3.63, 3.8) is 0 Å². The van der Waals surface area contributed by atoms with Crippen molar-refractivity contribution >= 4 is 67.0 Å². The molecular weight excluding hydrogens is 585 g/mol. The van der Waals surface area contributed by atoms with Gasteiger partial charge in [0.1, 0.15) is 18.2 Å². The molecule has 38 heavy (non-hydrogen) atoms. The molecule has 0 amide bonds. The standard InChI is InChI=1S/C30H24BrCl2N3O2/c1-2-3-8-29-35-27-13-11-21(31)15-24(27)30(37)36(29)34-17-25-23-7-5-4-6-19(23)10-14-28(25)38-18-20-9-12-22(32)16-26(20)33/h4-7,9-17H,2-3,8,18H2,1H3. The second kappa shape index (κ2) is 11.7. The van der Waals surface area contributed by atoms with Crippen molar-refractivity contribution in [2.45, 2.75) is 32.8 Å². The normalized spacial score (nSPS) is 11.6. The molecule has 0 atom stereocenters. The molecule has 5 rings (SSSR count). The van der Waals surface area contributed by atoms with Gasteiger partial charge in [0.25, 0.3) is 5.56 Å². The average Bonchev–Trinajstić information content (AvgIpc) is 2.91. The van der Waals surface area contributed by atoms with Crippen LogP contribution in [0.4, 0.5) is 0 Å². The van der Waals surface area contributed by atoms with Gasteiger partial charge in [0.2, 0.25) is 0 Å². The Hall–Kier alpha value is -3.19. The molecule has 0 aliphatic heterocycles. The van der Waals surface area contributed by atoms with Crippen LogP contribution >= 0.6 is 39.1 Å². The van der Waals surface area contributed by atoms with E-state index in [9.17, 15) is 4.79 Å². The molecule has 192 valence electrons. The number of nitrogens with zero attached hydrogens (tertiary/aromatic N) is 3. The Labute approximate surface area is 238 Å². The first kappa shape index (κ1) is 26.4. The van der Waals surface area contributed by atoms with Crippen LogP contribution in [0.15, 0.2) is 87.2 Å². The monoisotopic (exact) mass is 607 g/mol. The summed E-state index contributed by atoms with van der Waals surface area (Å²) in [6.45, 7) is 2.36. The summed E-state index contributed by atoms with van der Waals surface area (Å²) in [5.74, 6) is 1.25. The van der Waals surface area contributed by atoms with Crippen LogP contribution in [0.2, 0.25) is 10.0 Å². The predicted octanol–water partition coefficient (Wildman–Crippen LogP) is 8.42. The van der Waals surface area contributed by atoms with Gasteiger partial charge in [0, 0.05) is 32.1 Å². The maximum atomic E-state index is 13.5. The Bertz CT molecular complexity index is 1730. The van der Waals surface area contributed by atoms with E-state index in [0.29, 0.717) is 38.9 Å². The van der Waals surface area contributed by atoms with Gasteiger partial charge in [-0.3, -0.25) is 4.79 Å². The van der Waals surface area contributed by atoms with Gasteiger partial charge in [0.15, 0.2) is 0 Å². The number of unbranched alkanes of at least 4 members (excludes halogenated alkanes) is 1. The fourth-order valence-corrected chi connectivity index (χ4v) is 5.08. The lowest BCUT2D eigenvalue weighted by Gasteiger charge is -2.13. The number of fused-ring (bicyclic) bond motifs is 2. The van der Waals surface area contributed by atoms with E-state index >= 15 is 0 Å². The molecule has 0 N–H and O–H groups in total. The zero-order chi connectivity index (χ0) is 26.6. The summed E-state index contributed by atoms with van der Waals surface area (Å²) in [4.78, 5) is 18.3. The highest BCUT2D eigenvalue weighted by molar-refractivity contribution is 9.10. The van der Waals surface area contributed by atoms with E-state index < -0.39 is 0 Å². The topological polar surface area (TPSA) is 56.5 Å². The first-order valence-electron chi connectivity index (χ1n) is 12.3. The van der Waals surface area contributed by atoms with Gasteiger partial charge in [0.05, 0.1) is 17.1 Å². The smallest absolute Gasteiger partial charge is 0.282 e. The summed E-state index contributed by atoms with van der Waals surface area (Å²) in [6.07, 6.45) is 4.20. The minimum Gasteiger partial charge on any atom is -0.488 e. The average molecular weight is 609 g/mol. The van der Waals surface area contributed by atoms with E-state index in [1.54, 1.807) is 24.4 Å². The molecule has 5 nitrogen and oxygen atoms in total. The summed E-state index contributed by atoms with van der Waals surface area (Å²) in [5.41, 5.74) is 2.02. The highest BCUT2D eigenvalue weighted by Crippen LogP contribution is 2.29. The molecule has 0 saturated heterocycles. The summed E-state index contributed by atoms with van der Waals surface area (Å²) < 4.78 is 8.44. The number of aromatic nitrogens is 2. The van der Waals surface area contributed by atoms with Gasteiger partial charge in [-0.1, -0.05) is 88.9 Å². The highest BCUT2D eigenvalue weighted by atomic mass is 79.9. The van der Waals surface area contributed by atoms with Crippen molar-refractivity contribution in [1.82, 2.24) is 9.66 Å². The molecule has 0 aliphatic rings. The van der Waals surface area contributed by atoms with Crippen molar-refractivity contribution in [2.24, 2.45) is 5.10 Å². The van der Waals surface area contributed by atoms with E-state index in [0.717, 1.165) is 39.2 Å². The van der Waals surface area contributed by atoms with E-state index in [-0.39, 0.29) is 12.2 Å². The third-order valence-electron chi connectivity index (χ3n) is 6.26. The van der Waals surface area contributed by atoms with Crippen LogP contribution in [0.1, 0.15) is 36.7 Å². The Kier molecular flexibility index (Phi) is 8.12. The van der Waals surface area contributed by atoms with Crippen LogP contribution in [0, 0.1) is 0 Å². The van der Waals surface area contributed by atoms with Crippen molar-refractivity contribution < 1.29 is 4.74 Å². The molecule has 5 aromatic rings. The quantitative estimate of drug-likeness (QED) is 0.166. The number of hydrogen-bond donors (Lipinski definition) is 0. The minimum absolute atomic E-state index is 0.214. The molecule has 4 aromatic carbocycles. The van der Waals surface area contributed by atoms with Crippen LogP contribution < -0.4 is 10.3 Å².